The van der Waals surface area contributed by atoms with Gasteiger partial charge in [-0.15, -0.1) is 0 Å². The molecule has 2 fully saturated rings. The standard InChI is InChI=1S/C40H53ClF2N4O5S/c1-27-6-4-15-40(51-3,25-46-18-16-45(17-19-46)23-37(42)43)34-11-8-31(34)22-47-24-39(14-5-7-29-20-32(41)10-12-33(29)39)26-52-36-13-9-30(21-35(36)47)38(48)44-53(49,50)28(27)2/h4,9-10,12-13,15,20-21,27-28,31,34,37H,5-8,11,14,16-19,22-26H2,1-3H3,(H,44,48)/b15-4-/t27-,28+,31-,34+,39-,40-/m0/s1. The number of alkyl halides is 2. The number of anilines is 1. The average Bonchev–Trinajstić information content (AvgIpc) is 3.26. The summed E-state index contributed by atoms with van der Waals surface area (Å²) in [4.78, 5) is 20.1. The van der Waals surface area contributed by atoms with Crippen LogP contribution < -0.4 is 14.4 Å². The summed E-state index contributed by atoms with van der Waals surface area (Å²) in [6, 6.07) is 11.4. The Bertz CT molecular complexity index is 1810. The minimum absolute atomic E-state index is 0.153. The maximum absolute atomic E-state index is 13.6. The molecule has 2 bridgehead atoms. The van der Waals surface area contributed by atoms with Crippen LogP contribution in [0.4, 0.5) is 14.5 Å². The van der Waals surface area contributed by atoms with Gasteiger partial charge in [-0.2, -0.15) is 0 Å². The van der Waals surface area contributed by atoms with Gasteiger partial charge in [-0.1, -0.05) is 36.7 Å². The van der Waals surface area contributed by atoms with Crippen molar-refractivity contribution in [3.8, 4) is 5.75 Å². The van der Waals surface area contributed by atoms with Gasteiger partial charge in [0.15, 0.2) is 0 Å². The third-order valence-electron chi connectivity index (χ3n) is 12.9. The third-order valence-corrected chi connectivity index (χ3v) is 15.1. The van der Waals surface area contributed by atoms with E-state index in [0.717, 1.165) is 42.8 Å². The van der Waals surface area contributed by atoms with Crippen molar-refractivity contribution in [2.24, 2.45) is 17.8 Å². The Labute approximate surface area is 318 Å². The van der Waals surface area contributed by atoms with E-state index in [0.29, 0.717) is 64.6 Å². The van der Waals surface area contributed by atoms with Crippen LogP contribution in [0.25, 0.3) is 0 Å². The van der Waals surface area contributed by atoms with Gasteiger partial charge in [0.25, 0.3) is 12.3 Å². The minimum Gasteiger partial charge on any atom is -0.490 e. The lowest BCUT2D eigenvalue weighted by Crippen LogP contribution is -2.59. The highest BCUT2D eigenvalue weighted by Gasteiger charge is 2.50. The number of nitrogens with one attached hydrogen (secondary N) is 1. The fourth-order valence-corrected chi connectivity index (χ4v) is 11.0. The van der Waals surface area contributed by atoms with E-state index in [1.54, 1.807) is 32.2 Å². The van der Waals surface area contributed by atoms with Gasteiger partial charge in [0, 0.05) is 68.9 Å². The van der Waals surface area contributed by atoms with E-state index >= 15 is 0 Å². The molecule has 6 atom stereocenters. The molecule has 7 rings (SSSR count). The summed E-state index contributed by atoms with van der Waals surface area (Å²) in [5, 5.41) is -0.115. The molecule has 0 aromatic heterocycles. The predicted octanol–water partition coefficient (Wildman–Crippen LogP) is 6.15. The first-order valence-electron chi connectivity index (χ1n) is 19.1. The highest BCUT2D eigenvalue weighted by molar-refractivity contribution is 7.90. The van der Waals surface area contributed by atoms with Crippen molar-refractivity contribution in [1.82, 2.24) is 14.5 Å². The van der Waals surface area contributed by atoms with Crippen LogP contribution in [0.1, 0.15) is 67.4 Å². The lowest BCUT2D eigenvalue weighted by molar-refractivity contribution is -0.0963. The van der Waals surface area contributed by atoms with Crippen LogP contribution >= 0.6 is 11.6 Å². The molecule has 2 aliphatic carbocycles. The Kier molecular flexibility index (Phi) is 11.2. The first-order chi connectivity index (χ1) is 25.3. The second kappa shape index (κ2) is 15.4. The number of allylic oxidation sites excluding steroid dienone is 1. The van der Waals surface area contributed by atoms with E-state index < -0.39 is 33.2 Å². The molecule has 2 aromatic rings. The quantitative estimate of drug-likeness (QED) is 0.362. The highest BCUT2D eigenvalue weighted by Crippen LogP contribution is 2.49. The number of aryl methyl sites for hydroxylation is 1. The van der Waals surface area contributed by atoms with E-state index in [2.05, 4.69) is 38.8 Å². The Morgan fingerprint density at radius 2 is 1.85 bits per heavy atom. The summed E-state index contributed by atoms with van der Waals surface area (Å²) in [5.41, 5.74) is 2.54. The number of benzene rings is 2. The Morgan fingerprint density at radius 3 is 2.57 bits per heavy atom. The molecular formula is C40H53ClF2N4O5S. The summed E-state index contributed by atoms with van der Waals surface area (Å²) < 4.78 is 69.1. The van der Waals surface area contributed by atoms with E-state index in [1.807, 2.05) is 17.9 Å². The fraction of sp³-hybridized carbons (Fsp3) is 0.625. The minimum atomic E-state index is -4.00. The van der Waals surface area contributed by atoms with Crippen LogP contribution in [0.2, 0.25) is 5.02 Å². The molecule has 1 N–H and O–H groups in total. The zero-order valence-electron chi connectivity index (χ0n) is 31.0. The molecule has 0 unspecified atom stereocenters. The number of methoxy groups -OCH3 is 1. The maximum Gasteiger partial charge on any atom is 0.264 e. The summed E-state index contributed by atoms with van der Waals surface area (Å²) in [6.07, 6.45) is 7.17. The number of fused-ring (bicyclic) bond motifs is 4. The normalized spacial score (nSPS) is 32.9. The van der Waals surface area contributed by atoms with Gasteiger partial charge in [0.2, 0.25) is 10.0 Å². The van der Waals surface area contributed by atoms with Crippen LogP contribution in [0, 0.1) is 17.8 Å². The predicted molar refractivity (Wildman–Crippen MR) is 204 cm³/mol. The first-order valence-corrected chi connectivity index (χ1v) is 21.1. The second-order valence-corrected chi connectivity index (χ2v) is 18.6. The molecule has 290 valence electrons. The van der Waals surface area contributed by atoms with Crippen molar-refractivity contribution in [1.29, 1.82) is 0 Å². The van der Waals surface area contributed by atoms with Crippen molar-refractivity contribution in [2.45, 2.75) is 75.1 Å². The van der Waals surface area contributed by atoms with Crippen LogP contribution in [0.5, 0.6) is 5.75 Å². The molecule has 0 radical (unpaired) electrons. The zero-order valence-corrected chi connectivity index (χ0v) is 32.6. The number of carbonyl (C=O) groups is 1. The Morgan fingerprint density at radius 1 is 1.08 bits per heavy atom. The summed E-state index contributed by atoms with van der Waals surface area (Å²) in [6.45, 7) is 8.24. The van der Waals surface area contributed by atoms with Gasteiger partial charge < -0.3 is 14.4 Å². The topological polar surface area (TPSA) is 91.4 Å². The molecular weight excluding hydrogens is 722 g/mol. The molecule has 9 nitrogen and oxygen atoms in total. The number of halogens is 3. The molecule has 1 saturated heterocycles. The molecule has 3 aliphatic heterocycles. The lowest BCUT2D eigenvalue weighted by atomic mass is 9.63. The molecule has 1 spiro atoms. The largest absolute Gasteiger partial charge is 0.490 e. The van der Waals surface area contributed by atoms with Crippen molar-refractivity contribution < 1.29 is 31.5 Å². The first kappa shape index (κ1) is 38.5. The van der Waals surface area contributed by atoms with Crippen molar-refractivity contribution in [3.05, 3.63) is 70.3 Å². The number of ether oxygens (including phenoxy) is 2. The molecule has 3 heterocycles. The lowest BCUT2D eigenvalue weighted by Gasteiger charge is -2.52. The number of amides is 1. The van der Waals surface area contributed by atoms with Crippen molar-refractivity contribution in [3.63, 3.8) is 0 Å². The number of hydrogen-bond donors (Lipinski definition) is 1. The van der Waals surface area contributed by atoms with Gasteiger partial charge in [0.05, 0.1) is 24.1 Å². The Hall–Kier alpha value is -2.77. The van der Waals surface area contributed by atoms with Gasteiger partial charge in [0.1, 0.15) is 11.4 Å². The second-order valence-electron chi connectivity index (χ2n) is 16.2. The SMILES string of the molecule is CO[C@]1(CN2CCN(CC(F)F)CC2)/C=C\C[C@H](C)[C@@H](C)S(=O)(=O)NC(=O)c2ccc3c(c2)N(C[C@@H]2CC[C@H]21)C[C@@]1(CCCc2cc(Cl)ccc21)CO3. The summed E-state index contributed by atoms with van der Waals surface area (Å²) >= 11 is 6.48. The van der Waals surface area contributed by atoms with Crippen LogP contribution in [-0.2, 0) is 26.6 Å². The van der Waals surface area contributed by atoms with E-state index in [1.165, 1.54) is 11.1 Å². The third kappa shape index (κ3) is 7.86. The van der Waals surface area contributed by atoms with Gasteiger partial charge in [-0.3, -0.25) is 14.6 Å². The number of sulfonamides is 1. The molecule has 5 aliphatic rings. The van der Waals surface area contributed by atoms with Crippen LogP contribution in [0.3, 0.4) is 0 Å². The van der Waals surface area contributed by atoms with Crippen LogP contribution in [0.15, 0.2) is 48.6 Å². The van der Waals surface area contributed by atoms with Gasteiger partial charge >= 0.3 is 0 Å². The number of rotatable bonds is 5. The number of nitrogens with zero attached hydrogens (tertiary/aromatic N) is 3. The molecule has 1 saturated carbocycles. The van der Waals surface area contributed by atoms with Crippen molar-refractivity contribution >= 4 is 33.2 Å². The fourth-order valence-electron chi connectivity index (χ4n) is 9.48. The number of hydrogen-bond acceptors (Lipinski definition) is 8. The highest BCUT2D eigenvalue weighted by atomic mass is 35.5. The van der Waals surface area contributed by atoms with Gasteiger partial charge in [-0.25, -0.2) is 21.9 Å². The molecule has 53 heavy (non-hydrogen) atoms. The zero-order chi connectivity index (χ0) is 37.5. The summed E-state index contributed by atoms with van der Waals surface area (Å²) in [5.74, 6) is 0.132. The molecule has 1 amide bonds. The number of carbonyl (C=O) groups excluding carboxylic acids is 1. The monoisotopic (exact) mass is 774 g/mol. The van der Waals surface area contributed by atoms with E-state index in [-0.39, 0.29) is 35.3 Å². The maximum atomic E-state index is 13.6. The molecule has 13 heteroatoms. The van der Waals surface area contributed by atoms with Crippen LogP contribution in [-0.4, -0.2) is 107 Å². The smallest absolute Gasteiger partial charge is 0.264 e. The molecule has 2 aromatic carbocycles. The Balaban J connectivity index is 1.27. The van der Waals surface area contributed by atoms with E-state index in [4.69, 9.17) is 21.1 Å². The van der Waals surface area contributed by atoms with E-state index in [9.17, 15) is 22.0 Å². The van der Waals surface area contributed by atoms with Crippen molar-refractivity contribution in [2.75, 3.05) is 71.0 Å². The average molecular weight is 775 g/mol. The summed E-state index contributed by atoms with van der Waals surface area (Å²) in [7, 11) is -2.24. The van der Waals surface area contributed by atoms with Gasteiger partial charge in [-0.05, 0) is 105 Å². The number of piperazine rings is 1.